The van der Waals surface area contributed by atoms with Gasteiger partial charge in [-0.05, 0) is 30.3 Å². The lowest BCUT2D eigenvalue weighted by atomic mass is 10.1. The van der Waals surface area contributed by atoms with Crippen molar-refractivity contribution in [2.45, 2.75) is 0 Å². The van der Waals surface area contributed by atoms with Crippen molar-refractivity contribution in [1.29, 1.82) is 0 Å². The molecule has 0 radical (unpaired) electrons. The van der Waals surface area contributed by atoms with Crippen molar-refractivity contribution in [3.63, 3.8) is 0 Å². The quantitative estimate of drug-likeness (QED) is 0.750. The molecule has 0 atom stereocenters. The SMILES string of the molecule is COc1ccc2nc(C(=O)c3cccc(O)c3)sc2c1. The normalized spacial score (nSPS) is 10.7. The molecule has 1 N–H and O–H groups in total. The van der Waals surface area contributed by atoms with Gasteiger partial charge in [-0.2, -0.15) is 0 Å². The second-order valence-corrected chi connectivity index (χ2v) is 5.26. The zero-order valence-corrected chi connectivity index (χ0v) is 11.5. The number of ether oxygens (including phenoxy) is 1. The summed E-state index contributed by atoms with van der Waals surface area (Å²) < 4.78 is 6.05. The molecule has 0 fully saturated rings. The highest BCUT2D eigenvalue weighted by Crippen LogP contribution is 2.28. The van der Waals surface area contributed by atoms with E-state index in [1.807, 2.05) is 18.2 Å². The van der Waals surface area contributed by atoms with Crippen molar-refractivity contribution < 1.29 is 14.6 Å². The van der Waals surface area contributed by atoms with Crippen molar-refractivity contribution in [3.05, 3.63) is 53.0 Å². The maximum atomic E-state index is 12.3. The van der Waals surface area contributed by atoms with Crippen molar-refractivity contribution in [2.75, 3.05) is 7.11 Å². The molecule has 3 rings (SSSR count). The maximum absolute atomic E-state index is 12.3. The van der Waals surface area contributed by atoms with E-state index in [9.17, 15) is 9.90 Å². The summed E-state index contributed by atoms with van der Waals surface area (Å²) in [7, 11) is 1.60. The monoisotopic (exact) mass is 285 g/mol. The number of aromatic nitrogens is 1. The Labute approximate surface area is 119 Å². The molecule has 4 nitrogen and oxygen atoms in total. The number of carbonyl (C=O) groups is 1. The lowest BCUT2D eigenvalue weighted by Crippen LogP contribution is -1.99. The van der Waals surface area contributed by atoms with Crippen molar-refractivity contribution in [1.82, 2.24) is 4.98 Å². The molecule has 1 aromatic heterocycles. The molecule has 0 aliphatic rings. The van der Waals surface area contributed by atoms with Gasteiger partial charge in [-0.25, -0.2) is 4.98 Å². The van der Waals surface area contributed by atoms with E-state index in [4.69, 9.17) is 4.74 Å². The van der Waals surface area contributed by atoms with E-state index in [2.05, 4.69) is 4.98 Å². The number of thiazole rings is 1. The average Bonchev–Trinajstić information content (AvgIpc) is 2.89. The van der Waals surface area contributed by atoms with Crippen molar-refractivity contribution in [3.8, 4) is 11.5 Å². The third-order valence-electron chi connectivity index (χ3n) is 2.90. The predicted molar refractivity (Wildman–Crippen MR) is 77.7 cm³/mol. The number of fused-ring (bicyclic) bond motifs is 1. The van der Waals surface area contributed by atoms with Crippen LogP contribution in [0.5, 0.6) is 11.5 Å². The molecule has 0 aliphatic carbocycles. The maximum Gasteiger partial charge on any atom is 0.221 e. The van der Waals surface area contributed by atoms with Crippen LogP contribution < -0.4 is 4.74 Å². The Hall–Kier alpha value is -2.40. The van der Waals surface area contributed by atoms with Crippen LogP contribution in [0, 0.1) is 0 Å². The van der Waals surface area contributed by atoms with Gasteiger partial charge in [0.1, 0.15) is 11.5 Å². The van der Waals surface area contributed by atoms with Crippen LogP contribution in [-0.2, 0) is 0 Å². The third kappa shape index (κ3) is 2.23. The summed E-state index contributed by atoms with van der Waals surface area (Å²) in [6.07, 6.45) is 0. The predicted octanol–water partition coefficient (Wildman–Crippen LogP) is 3.24. The fourth-order valence-electron chi connectivity index (χ4n) is 1.90. The van der Waals surface area contributed by atoms with Gasteiger partial charge >= 0.3 is 0 Å². The van der Waals surface area contributed by atoms with Gasteiger partial charge in [0, 0.05) is 5.56 Å². The van der Waals surface area contributed by atoms with Crippen LogP contribution in [0.3, 0.4) is 0 Å². The molecule has 0 saturated carbocycles. The van der Waals surface area contributed by atoms with Crippen LogP contribution in [0.15, 0.2) is 42.5 Å². The Morgan fingerprint density at radius 2 is 2.10 bits per heavy atom. The smallest absolute Gasteiger partial charge is 0.221 e. The van der Waals surface area contributed by atoms with Gasteiger partial charge in [-0.15, -0.1) is 11.3 Å². The molecule has 2 aromatic carbocycles. The third-order valence-corrected chi connectivity index (χ3v) is 3.92. The summed E-state index contributed by atoms with van der Waals surface area (Å²) in [5.41, 5.74) is 1.19. The number of phenols is 1. The Bertz CT molecular complexity index is 795. The fraction of sp³-hybridized carbons (Fsp3) is 0.0667. The molecule has 100 valence electrons. The van der Waals surface area contributed by atoms with E-state index in [0.29, 0.717) is 10.6 Å². The van der Waals surface area contributed by atoms with Gasteiger partial charge in [0.15, 0.2) is 5.01 Å². The standard InChI is InChI=1S/C15H11NO3S/c1-19-11-5-6-12-13(8-11)20-15(16-12)14(18)9-3-2-4-10(17)7-9/h2-8,17H,1H3. The molecule has 20 heavy (non-hydrogen) atoms. The first-order chi connectivity index (χ1) is 9.67. The number of hydrogen-bond acceptors (Lipinski definition) is 5. The highest BCUT2D eigenvalue weighted by atomic mass is 32.1. The van der Waals surface area contributed by atoms with E-state index in [1.165, 1.54) is 23.5 Å². The summed E-state index contributed by atoms with van der Waals surface area (Å²) in [4.78, 5) is 16.7. The summed E-state index contributed by atoms with van der Waals surface area (Å²) in [6.45, 7) is 0. The van der Waals surface area contributed by atoms with Crippen LogP contribution >= 0.6 is 11.3 Å². The first-order valence-electron chi connectivity index (χ1n) is 5.95. The Balaban J connectivity index is 2.03. The number of nitrogens with zero attached hydrogens (tertiary/aromatic N) is 1. The number of aromatic hydroxyl groups is 1. The molecule has 0 saturated heterocycles. The molecule has 1 heterocycles. The number of rotatable bonds is 3. The molecular weight excluding hydrogens is 274 g/mol. The molecular formula is C15H11NO3S. The number of hydrogen-bond donors (Lipinski definition) is 1. The molecule has 0 amide bonds. The molecule has 0 spiro atoms. The fourth-order valence-corrected chi connectivity index (χ4v) is 2.86. The van der Waals surface area contributed by atoms with Gasteiger partial charge < -0.3 is 9.84 Å². The Morgan fingerprint density at radius 3 is 2.85 bits per heavy atom. The summed E-state index contributed by atoms with van der Waals surface area (Å²) in [5, 5.41) is 9.83. The minimum atomic E-state index is -0.193. The molecule has 5 heteroatoms. The zero-order valence-electron chi connectivity index (χ0n) is 10.7. The van der Waals surface area contributed by atoms with Crippen LogP contribution in [0.2, 0.25) is 0 Å². The van der Waals surface area contributed by atoms with Crippen LogP contribution in [0.1, 0.15) is 15.4 Å². The Morgan fingerprint density at radius 1 is 1.25 bits per heavy atom. The second-order valence-electron chi connectivity index (χ2n) is 4.23. The van der Waals surface area contributed by atoms with E-state index < -0.39 is 0 Å². The van der Waals surface area contributed by atoms with Gasteiger partial charge in [0.2, 0.25) is 5.78 Å². The molecule has 0 unspecified atom stereocenters. The van der Waals surface area contributed by atoms with Gasteiger partial charge in [-0.1, -0.05) is 12.1 Å². The number of ketones is 1. The van der Waals surface area contributed by atoms with Gasteiger partial charge in [-0.3, -0.25) is 4.79 Å². The lowest BCUT2D eigenvalue weighted by molar-refractivity contribution is 0.103. The summed E-state index contributed by atoms with van der Waals surface area (Å²) in [5.74, 6) is 0.609. The number of methoxy groups -OCH3 is 1. The minimum Gasteiger partial charge on any atom is -0.508 e. The molecule has 3 aromatic rings. The highest BCUT2D eigenvalue weighted by molar-refractivity contribution is 7.20. The lowest BCUT2D eigenvalue weighted by Gasteiger charge is -1.97. The van der Waals surface area contributed by atoms with Crippen LogP contribution in [-0.4, -0.2) is 23.0 Å². The van der Waals surface area contributed by atoms with Gasteiger partial charge in [0.05, 0.1) is 17.3 Å². The number of benzene rings is 2. The van der Waals surface area contributed by atoms with Crippen LogP contribution in [0.4, 0.5) is 0 Å². The average molecular weight is 285 g/mol. The Kier molecular flexibility index (Phi) is 3.12. The largest absolute Gasteiger partial charge is 0.508 e. The first-order valence-corrected chi connectivity index (χ1v) is 6.77. The second kappa shape index (κ2) is 4.94. The minimum absolute atomic E-state index is 0.0682. The highest BCUT2D eigenvalue weighted by Gasteiger charge is 2.15. The van der Waals surface area contributed by atoms with E-state index in [1.54, 1.807) is 19.2 Å². The van der Waals surface area contributed by atoms with E-state index in [-0.39, 0.29) is 11.5 Å². The summed E-state index contributed by atoms with van der Waals surface area (Å²) in [6, 6.07) is 11.8. The molecule has 0 aliphatic heterocycles. The zero-order chi connectivity index (χ0) is 14.1. The van der Waals surface area contributed by atoms with Gasteiger partial charge in [0.25, 0.3) is 0 Å². The molecule has 0 bridgehead atoms. The van der Waals surface area contributed by atoms with Crippen molar-refractivity contribution in [2.24, 2.45) is 0 Å². The first kappa shape index (κ1) is 12.6. The number of carbonyl (C=O) groups excluding carboxylic acids is 1. The topological polar surface area (TPSA) is 59.4 Å². The van der Waals surface area contributed by atoms with E-state index >= 15 is 0 Å². The van der Waals surface area contributed by atoms with Crippen molar-refractivity contribution >= 4 is 27.3 Å². The number of phenolic OH excluding ortho intramolecular Hbond substituents is 1. The van der Waals surface area contributed by atoms with Crippen LogP contribution in [0.25, 0.3) is 10.2 Å². The van der Waals surface area contributed by atoms with E-state index in [0.717, 1.165) is 16.0 Å². The summed E-state index contributed by atoms with van der Waals surface area (Å²) >= 11 is 1.31.